The molecule has 9 heteroatoms. The van der Waals surface area contributed by atoms with Crippen LogP contribution >= 0.6 is 23.1 Å². The van der Waals surface area contributed by atoms with Crippen molar-refractivity contribution in [1.82, 2.24) is 0 Å². The highest BCUT2D eigenvalue weighted by atomic mass is 32.2. The average Bonchev–Trinajstić information content (AvgIpc) is 3.40. The van der Waals surface area contributed by atoms with Crippen LogP contribution in [0.15, 0.2) is 71.7 Å². The van der Waals surface area contributed by atoms with Crippen molar-refractivity contribution in [2.75, 3.05) is 17.3 Å². The first-order valence-corrected chi connectivity index (χ1v) is 11.9. The monoisotopic (exact) mass is 479 g/mol. The van der Waals surface area contributed by atoms with Crippen LogP contribution in [0.5, 0.6) is 0 Å². The van der Waals surface area contributed by atoms with Crippen molar-refractivity contribution >= 4 is 62.4 Å². The molecule has 0 unspecified atom stereocenters. The fourth-order valence-corrected chi connectivity index (χ4v) is 5.27. The predicted molar refractivity (Wildman–Crippen MR) is 133 cm³/mol. The molecule has 1 aromatic heterocycles. The van der Waals surface area contributed by atoms with Crippen molar-refractivity contribution in [3.8, 4) is 0 Å². The first-order chi connectivity index (χ1) is 16.0. The first kappa shape index (κ1) is 22.8. The van der Waals surface area contributed by atoms with E-state index >= 15 is 0 Å². The number of thiophene rings is 1. The maximum Gasteiger partial charge on any atom is 0.340 e. The Morgan fingerprint density at radius 3 is 2.39 bits per heavy atom. The van der Waals surface area contributed by atoms with E-state index in [2.05, 4.69) is 10.3 Å². The Labute approximate surface area is 199 Å². The highest BCUT2D eigenvalue weighted by molar-refractivity contribution is 8.16. The molecule has 1 atom stereocenters. The second-order valence-corrected chi connectivity index (χ2v) is 9.24. The minimum absolute atomic E-state index is 0.279. The van der Waals surface area contributed by atoms with Crippen molar-refractivity contribution in [3.05, 3.63) is 77.2 Å². The summed E-state index contributed by atoms with van der Waals surface area (Å²) < 4.78 is 4.84. The molecule has 168 valence electrons. The molecule has 7 nitrogen and oxygen atoms in total. The maximum absolute atomic E-state index is 13.3. The maximum atomic E-state index is 13.3. The molecule has 1 aliphatic heterocycles. The van der Waals surface area contributed by atoms with Crippen LogP contribution in [0.1, 0.15) is 22.2 Å². The number of thioether (sulfide) groups is 1. The van der Waals surface area contributed by atoms with E-state index in [1.165, 1.54) is 23.3 Å². The number of hydrogen-bond donors (Lipinski definition) is 1. The van der Waals surface area contributed by atoms with Gasteiger partial charge in [-0.15, -0.1) is 11.3 Å². The van der Waals surface area contributed by atoms with Crippen LogP contribution in [0.3, 0.4) is 0 Å². The van der Waals surface area contributed by atoms with Crippen LogP contribution in [0, 0.1) is 0 Å². The number of amides is 2. The smallest absolute Gasteiger partial charge is 0.340 e. The molecule has 2 heterocycles. The lowest BCUT2D eigenvalue weighted by atomic mass is 10.2. The van der Waals surface area contributed by atoms with Gasteiger partial charge in [0.2, 0.25) is 5.91 Å². The van der Waals surface area contributed by atoms with Gasteiger partial charge in [0.15, 0.2) is 10.4 Å². The average molecular weight is 480 g/mol. The van der Waals surface area contributed by atoms with Crippen LogP contribution in [-0.2, 0) is 20.7 Å². The Bertz CT molecular complexity index is 1210. The second-order valence-electron chi connectivity index (χ2n) is 7.03. The predicted octanol–water partition coefficient (Wildman–Crippen LogP) is 4.87. The number of benzene rings is 2. The number of carbonyl (C=O) groups excluding carboxylic acids is 3. The molecule has 0 aliphatic carbocycles. The van der Waals surface area contributed by atoms with E-state index in [4.69, 9.17) is 4.74 Å². The number of aliphatic imine (C=N–C) groups is 1. The molecule has 2 amide bonds. The van der Waals surface area contributed by atoms with Crippen molar-refractivity contribution in [2.45, 2.75) is 18.6 Å². The fraction of sp³-hybridized carbons (Fsp3) is 0.167. The Balaban J connectivity index is 1.65. The molecule has 1 N–H and O–H groups in total. The lowest BCUT2D eigenvalue weighted by molar-refractivity contribution is -0.123. The van der Waals surface area contributed by atoms with Gasteiger partial charge >= 0.3 is 5.97 Å². The molecule has 33 heavy (non-hydrogen) atoms. The highest BCUT2D eigenvalue weighted by Gasteiger charge is 2.44. The number of nitrogens with one attached hydrogen (secondary N) is 1. The molecular weight excluding hydrogens is 458 g/mol. The van der Waals surface area contributed by atoms with E-state index in [9.17, 15) is 14.4 Å². The number of hydrogen-bond acceptors (Lipinski definition) is 7. The second kappa shape index (κ2) is 10.0. The number of nitrogens with zero attached hydrogens (tertiary/aromatic N) is 2. The SMILES string of the molecule is CCc1cc(C(=O)OC)c(NC(=O)[C@@H]2SC(=Nc3ccccc3)N(c3ccccc3)C2=O)s1. The third kappa shape index (κ3) is 4.84. The third-order valence-corrected chi connectivity index (χ3v) is 7.20. The van der Waals surface area contributed by atoms with Gasteiger partial charge in [0.05, 0.1) is 24.0 Å². The van der Waals surface area contributed by atoms with Crippen LogP contribution < -0.4 is 10.2 Å². The fourth-order valence-electron chi connectivity index (χ4n) is 3.24. The van der Waals surface area contributed by atoms with E-state index in [1.807, 2.05) is 55.5 Å². The van der Waals surface area contributed by atoms with E-state index in [-0.39, 0.29) is 5.56 Å². The topological polar surface area (TPSA) is 88.1 Å². The molecule has 2 aromatic carbocycles. The largest absolute Gasteiger partial charge is 0.465 e. The number of rotatable bonds is 6. The van der Waals surface area contributed by atoms with E-state index in [1.54, 1.807) is 18.2 Å². The number of amidine groups is 1. The first-order valence-electron chi connectivity index (χ1n) is 10.2. The molecule has 1 fully saturated rings. The minimum atomic E-state index is -1.05. The van der Waals surface area contributed by atoms with Crippen LogP contribution in [0.2, 0.25) is 0 Å². The number of methoxy groups -OCH3 is 1. The van der Waals surface area contributed by atoms with Crippen LogP contribution in [0.4, 0.5) is 16.4 Å². The standard InChI is InChI=1S/C24H21N3O4S2/c1-3-17-14-18(23(30)31-2)21(32-17)26-20(28)19-22(29)27(16-12-8-5-9-13-16)24(33-19)25-15-10-6-4-7-11-15/h4-14,19H,3H2,1-2H3,(H,26,28)/t19-/m0/s1. The van der Waals surface area contributed by atoms with Crippen molar-refractivity contribution < 1.29 is 19.1 Å². The Kier molecular flexibility index (Phi) is 6.90. The van der Waals surface area contributed by atoms with E-state index in [0.717, 1.165) is 16.6 Å². The number of esters is 1. The molecule has 0 bridgehead atoms. The van der Waals surface area contributed by atoms with Gasteiger partial charge in [-0.2, -0.15) is 0 Å². The van der Waals surface area contributed by atoms with E-state index < -0.39 is 23.0 Å². The van der Waals surface area contributed by atoms with Gasteiger partial charge in [-0.1, -0.05) is 55.1 Å². The summed E-state index contributed by atoms with van der Waals surface area (Å²) in [6.45, 7) is 1.96. The molecule has 4 rings (SSSR count). The van der Waals surface area contributed by atoms with E-state index in [0.29, 0.717) is 28.0 Å². The summed E-state index contributed by atoms with van der Waals surface area (Å²) in [5, 5.41) is 2.49. The highest BCUT2D eigenvalue weighted by Crippen LogP contribution is 2.36. The van der Waals surface area contributed by atoms with Crippen LogP contribution in [-0.4, -0.2) is 35.3 Å². The third-order valence-electron chi connectivity index (χ3n) is 4.87. The molecular formula is C24H21N3O4S2. The Morgan fingerprint density at radius 2 is 1.76 bits per heavy atom. The lowest BCUT2D eigenvalue weighted by Gasteiger charge is -2.16. The van der Waals surface area contributed by atoms with Crippen molar-refractivity contribution in [3.63, 3.8) is 0 Å². The molecule has 0 saturated carbocycles. The summed E-state index contributed by atoms with van der Waals surface area (Å²) in [6, 6.07) is 20.0. The van der Waals surface area contributed by atoms with Gasteiger partial charge in [0, 0.05) is 4.88 Å². The van der Waals surface area contributed by atoms with Gasteiger partial charge < -0.3 is 10.1 Å². The molecule has 0 radical (unpaired) electrons. The number of para-hydroxylation sites is 2. The molecule has 1 saturated heterocycles. The number of ether oxygens (including phenoxy) is 1. The van der Waals surface area contributed by atoms with Crippen molar-refractivity contribution in [1.29, 1.82) is 0 Å². The summed E-state index contributed by atoms with van der Waals surface area (Å²) in [5.41, 5.74) is 1.58. The summed E-state index contributed by atoms with van der Waals surface area (Å²) in [5.74, 6) is -1.45. The Morgan fingerprint density at radius 1 is 1.09 bits per heavy atom. The van der Waals surface area contributed by atoms with Crippen LogP contribution in [0.25, 0.3) is 0 Å². The summed E-state index contributed by atoms with van der Waals surface area (Å²) in [7, 11) is 1.29. The van der Waals surface area contributed by atoms with Gasteiger partial charge in [-0.05, 0) is 36.8 Å². The van der Waals surface area contributed by atoms with Gasteiger partial charge in [-0.25, -0.2) is 9.79 Å². The summed E-state index contributed by atoms with van der Waals surface area (Å²) >= 11 is 2.37. The number of anilines is 2. The molecule has 0 spiro atoms. The lowest BCUT2D eigenvalue weighted by Crippen LogP contribution is -2.37. The summed E-state index contributed by atoms with van der Waals surface area (Å²) in [4.78, 5) is 45.7. The summed E-state index contributed by atoms with van der Waals surface area (Å²) in [6.07, 6.45) is 0.706. The molecule has 1 aliphatic rings. The Hall–Kier alpha value is -3.43. The zero-order chi connectivity index (χ0) is 23.4. The number of aryl methyl sites for hydroxylation is 1. The minimum Gasteiger partial charge on any atom is -0.465 e. The van der Waals surface area contributed by atoms with Gasteiger partial charge in [-0.3, -0.25) is 14.5 Å². The number of carbonyl (C=O) groups is 3. The van der Waals surface area contributed by atoms with Gasteiger partial charge in [0.1, 0.15) is 5.00 Å². The normalized spacial score (nSPS) is 16.8. The molecule has 3 aromatic rings. The van der Waals surface area contributed by atoms with Gasteiger partial charge in [0.25, 0.3) is 5.91 Å². The van der Waals surface area contributed by atoms with Crippen molar-refractivity contribution in [2.24, 2.45) is 4.99 Å². The zero-order valence-electron chi connectivity index (χ0n) is 18.0. The zero-order valence-corrected chi connectivity index (χ0v) is 19.6. The quantitative estimate of drug-likeness (QED) is 0.402.